The molecule has 0 heterocycles. The van der Waals surface area contributed by atoms with Crippen molar-refractivity contribution in [1.29, 1.82) is 0 Å². The Kier molecular flexibility index (Phi) is 9.01. The molecule has 1 heteroatoms. The van der Waals surface area contributed by atoms with Gasteiger partial charge >= 0.3 is 0 Å². The van der Waals surface area contributed by atoms with Gasteiger partial charge in [0.1, 0.15) is 0 Å². The number of benzene rings is 3. The third-order valence-corrected chi connectivity index (χ3v) is 7.54. The number of unbranched alkanes of at least 4 members (excludes halogenated alkanes) is 4. The lowest BCUT2D eigenvalue weighted by Gasteiger charge is -2.29. The first-order valence-electron chi connectivity index (χ1n) is 13.8. The maximum absolute atomic E-state index is 4.38. The van der Waals surface area contributed by atoms with E-state index in [0.717, 1.165) is 35.5 Å². The lowest BCUT2D eigenvalue weighted by molar-refractivity contribution is 0.600. The molecule has 0 saturated heterocycles. The first kappa shape index (κ1) is 26.5. The first-order chi connectivity index (χ1) is 18.0. The van der Waals surface area contributed by atoms with Crippen LogP contribution in [0.15, 0.2) is 110 Å². The second kappa shape index (κ2) is 12.6. The minimum atomic E-state index is 0.0439. The summed E-state index contributed by atoms with van der Waals surface area (Å²) >= 11 is 0. The Morgan fingerprint density at radius 3 is 1.97 bits per heavy atom. The Bertz CT molecular complexity index is 1230. The minimum Gasteiger partial charge on any atom is -0.311 e. The van der Waals surface area contributed by atoms with E-state index in [0.29, 0.717) is 0 Å². The molecule has 4 rings (SSSR count). The zero-order chi connectivity index (χ0) is 26.1. The molecular formula is C36H41N. The molecule has 1 aliphatic carbocycles. The summed E-state index contributed by atoms with van der Waals surface area (Å²) in [6, 6.07) is 26.5. The molecule has 0 amide bonds. The summed E-state index contributed by atoms with van der Waals surface area (Å²) in [6.07, 6.45) is 19.3. The predicted octanol–water partition coefficient (Wildman–Crippen LogP) is 10.9. The minimum absolute atomic E-state index is 0.0439. The van der Waals surface area contributed by atoms with Crippen LogP contribution < -0.4 is 4.90 Å². The number of hydrogen-bond donors (Lipinski definition) is 0. The average Bonchev–Trinajstić information content (AvgIpc) is 2.94. The highest BCUT2D eigenvalue weighted by Crippen LogP contribution is 2.38. The third kappa shape index (κ3) is 6.60. The molecule has 1 aliphatic rings. The van der Waals surface area contributed by atoms with Crippen molar-refractivity contribution in [2.45, 2.75) is 64.2 Å². The van der Waals surface area contributed by atoms with Gasteiger partial charge in [-0.25, -0.2) is 0 Å². The molecule has 0 saturated carbocycles. The molecule has 0 fully saturated rings. The summed E-state index contributed by atoms with van der Waals surface area (Å²) in [5.74, 6) is 0. The van der Waals surface area contributed by atoms with E-state index in [2.05, 4.69) is 129 Å². The van der Waals surface area contributed by atoms with Crippen molar-refractivity contribution in [3.05, 3.63) is 127 Å². The zero-order valence-electron chi connectivity index (χ0n) is 22.6. The number of nitrogens with zero attached hydrogens (tertiary/aromatic N) is 1. The van der Waals surface area contributed by atoms with Crippen LogP contribution >= 0.6 is 0 Å². The van der Waals surface area contributed by atoms with Gasteiger partial charge in [0.2, 0.25) is 0 Å². The van der Waals surface area contributed by atoms with Gasteiger partial charge in [-0.3, -0.25) is 0 Å². The van der Waals surface area contributed by atoms with Gasteiger partial charge in [0, 0.05) is 22.5 Å². The number of allylic oxidation sites excluding steroid dienone is 5. The predicted molar refractivity (Wildman–Crippen MR) is 164 cm³/mol. The molecular weight excluding hydrogens is 446 g/mol. The molecule has 1 unspecified atom stereocenters. The monoisotopic (exact) mass is 487 g/mol. The molecule has 0 radical (unpaired) electrons. The molecule has 37 heavy (non-hydrogen) atoms. The summed E-state index contributed by atoms with van der Waals surface area (Å²) in [5, 5.41) is 0. The first-order valence-corrected chi connectivity index (χ1v) is 13.8. The Morgan fingerprint density at radius 2 is 1.41 bits per heavy atom. The number of anilines is 3. The fourth-order valence-electron chi connectivity index (χ4n) is 5.07. The average molecular weight is 488 g/mol. The van der Waals surface area contributed by atoms with E-state index in [4.69, 9.17) is 0 Å². The van der Waals surface area contributed by atoms with E-state index in [9.17, 15) is 0 Å². The lowest BCUT2D eigenvalue weighted by Crippen LogP contribution is -2.19. The maximum Gasteiger partial charge on any atom is 0.0462 e. The normalized spacial score (nSPS) is 16.5. The van der Waals surface area contributed by atoms with Gasteiger partial charge in [-0.1, -0.05) is 119 Å². The summed E-state index contributed by atoms with van der Waals surface area (Å²) in [4.78, 5) is 2.33. The molecule has 3 aromatic carbocycles. The summed E-state index contributed by atoms with van der Waals surface area (Å²) in [6.45, 7) is 12.9. The second-order valence-electron chi connectivity index (χ2n) is 10.4. The largest absolute Gasteiger partial charge is 0.311 e. The fraction of sp³-hybridized carbons (Fsp3) is 0.278. The van der Waals surface area contributed by atoms with E-state index in [-0.39, 0.29) is 5.41 Å². The van der Waals surface area contributed by atoms with Crippen LogP contribution in [0.5, 0.6) is 0 Å². The Hall–Kier alpha value is -3.58. The summed E-state index contributed by atoms with van der Waals surface area (Å²) in [7, 11) is 0. The molecule has 1 nitrogen and oxygen atoms in total. The van der Waals surface area contributed by atoms with E-state index in [1.165, 1.54) is 48.8 Å². The van der Waals surface area contributed by atoms with Crippen LogP contribution in [0.2, 0.25) is 0 Å². The second-order valence-corrected chi connectivity index (χ2v) is 10.4. The van der Waals surface area contributed by atoms with Crippen molar-refractivity contribution in [1.82, 2.24) is 0 Å². The number of hydrogen-bond acceptors (Lipinski definition) is 1. The molecule has 190 valence electrons. The van der Waals surface area contributed by atoms with Crippen molar-refractivity contribution >= 4 is 28.7 Å². The van der Waals surface area contributed by atoms with Crippen molar-refractivity contribution in [3.63, 3.8) is 0 Å². The van der Waals surface area contributed by atoms with Gasteiger partial charge < -0.3 is 4.90 Å². The lowest BCUT2D eigenvalue weighted by atomic mass is 9.77. The summed E-state index contributed by atoms with van der Waals surface area (Å²) in [5.41, 5.74) is 8.40. The van der Waals surface area contributed by atoms with Gasteiger partial charge in [-0.15, -0.1) is 0 Å². The van der Waals surface area contributed by atoms with Crippen LogP contribution in [0.3, 0.4) is 0 Å². The van der Waals surface area contributed by atoms with Crippen molar-refractivity contribution in [2.24, 2.45) is 0 Å². The standard InChI is InChI=1S/C36H41N/c1-5-7-8-9-11-14-29(3)31-17-23-34(24-18-31)37(33-21-15-30(6-2)16-22-33)35-25-19-32(20-26-35)36(4)27-12-10-13-28-36/h6,10,12-13,15-27H,2-3,5,7-9,11,14,28H2,1,4H3. The Balaban J connectivity index is 1.58. The molecule has 3 aromatic rings. The van der Waals surface area contributed by atoms with Crippen LogP contribution in [-0.2, 0) is 5.41 Å². The van der Waals surface area contributed by atoms with E-state index in [1.807, 2.05) is 6.08 Å². The van der Waals surface area contributed by atoms with Gasteiger partial charge in [0.05, 0.1) is 0 Å². The Labute approximate surface area is 224 Å². The van der Waals surface area contributed by atoms with Gasteiger partial charge in [-0.2, -0.15) is 0 Å². The van der Waals surface area contributed by atoms with Crippen molar-refractivity contribution < 1.29 is 0 Å². The van der Waals surface area contributed by atoms with E-state index >= 15 is 0 Å². The highest BCUT2D eigenvalue weighted by atomic mass is 15.1. The summed E-state index contributed by atoms with van der Waals surface area (Å²) < 4.78 is 0. The van der Waals surface area contributed by atoms with Crippen LogP contribution in [0.25, 0.3) is 11.6 Å². The van der Waals surface area contributed by atoms with Crippen LogP contribution in [0, 0.1) is 0 Å². The van der Waals surface area contributed by atoms with Crippen molar-refractivity contribution in [3.8, 4) is 0 Å². The highest BCUT2D eigenvalue weighted by molar-refractivity contribution is 5.78. The van der Waals surface area contributed by atoms with Crippen LogP contribution in [0.4, 0.5) is 17.1 Å². The Morgan fingerprint density at radius 1 is 0.811 bits per heavy atom. The molecule has 0 spiro atoms. The molecule has 0 N–H and O–H groups in total. The van der Waals surface area contributed by atoms with Crippen LogP contribution in [-0.4, -0.2) is 0 Å². The van der Waals surface area contributed by atoms with E-state index < -0.39 is 0 Å². The molecule has 0 aliphatic heterocycles. The van der Waals surface area contributed by atoms with Gasteiger partial charge in [0.15, 0.2) is 0 Å². The molecule has 0 bridgehead atoms. The topological polar surface area (TPSA) is 3.24 Å². The van der Waals surface area contributed by atoms with E-state index in [1.54, 1.807) is 0 Å². The fourth-order valence-corrected chi connectivity index (χ4v) is 5.07. The molecule has 0 aromatic heterocycles. The SMILES string of the molecule is C=Cc1ccc(N(c2ccc(C(=C)CCCCCCC)cc2)c2ccc(C3(C)C=CC=CC3)cc2)cc1. The maximum atomic E-state index is 4.38. The highest BCUT2D eigenvalue weighted by Gasteiger charge is 2.23. The van der Waals surface area contributed by atoms with Crippen molar-refractivity contribution in [2.75, 3.05) is 4.90 Å². The smallest absolute Gasteiger partial charge is 0.0462 e. The van der Waals surface area contributed by atoms with Gasteiger partial charge in [0.25, 0.3) is 0 Å². The zero-order valence-corrected chi connectivity index (χ0v) is 22.6. The molecule has 1 atom stereocenters. The quantitative estimate of drug-likeness (QED) is 0.230. The van der Waals surface area contributed by atoms with Crippen LogP contribution in [0.1, 0.15) is 75.5 Å². The third-order valence-electron chi connectivity index (χ3n) is 7.54. The number of rotatable bonds is 12. The van der Waals surface area contributed by atoms with Gasteiger partial charge in [-0.05, 0) is 77.9 Å².